The van der Waals surface area contributed by atoms with Crippen molar-refractivity contribution in [2.75, 3.05) is 0 Å². The first-order valence-corrected chi connectivity index (χ1v) is 7.83. The molecule has 0 aliphatic rings. The summed E-state index contributed by atoms with van der Waals surface area (Å²) in [4.78, 5) is 0. The lowest BCUT2D eigenvalue weighted by Crippen LogP contribution is -2.22. The summed E-state index contributed by atoms with van der Waals surface area (Å²) >= 11 is 12.3. The number of guanidine groups is 1. The van der Waals surface area contributed by atoms with Gasteiger partial charge < -0.3 is 11.5 Å². The Kier molecular flexibility index (Phi) is 6.61. The van der Waals surface area contributed by atoms with Gasteiger partial charge in [-0.2, -0.15) is 0 Å². The number of nitrogens with zero attached hydrogens (tertiary/aromatic N) is 2. The van der Waals surface area contributed by atoms with Crippen LogP contribution in [-0.4, -0.2) is 11.7 Å². The Labute approximate surface area is 150 Å². The van der Waals surface area contributed by atoms with Gasteiger partial charge in [-0.05, 0) is 35.4 Å². The van der Waals surface area contributed by atoms with Crippen LogP contribution in [0.25, 0.3) is 12.2 Å². The van der Waals surface area contributed by atoms with E-state index in [0.29, 0.717) is 15.8 Å². The molecule has 4 nitrogen and oxygen atoms in total. The zero-order valence-electron chi connectivity index (χ0n) is 12.7. The Hall–Kier alpha value is -2.56. The summed E-state index contributed by atoms with van der Waals surface area (Å²) in [6.07, 6.45) is 7.20. The summed E-state index contributed by atoms with van der Waals surface area (Å²) in [5, 5.41) is 8.98. The number of nitrogens with two attached hydrogens (primary N) is 2. The molecular formula is C18H16Cl2N4. The lowest BCUT2D eigenvalue weighted by atomic mass is 10.1. The van der Waals surface area contributed by atoms with Gasteiger partial charge in [-0.1, -0.05) is 71.8 Å². The first-order valence-electron chi connectivity index (χ1n) is 7.08. The SMILES string of the molecule is NC(N)=NN=C(C=Cc1ccccc1Cl)C=Cc1ccccc1Cl. The van der Waals surface area contributed by atoms with Gasteiger partial charge in [0.05, 0.1) is 5.71 Å². The Morgan fingerprint density at radius 1 is 0.750 bits per heavy atom. The molecule has 0 aliphatic carbocycles. The minimum Gasteiger partial charge on any atom is -0.369 e. The van der Waals surface area contributed by atoms with Crippen molar-refractivity contribution in [2.45, 2.75) is 0 Å². The first-order chi connectivity index (χ1) is 11.6. The fourth-order valence-corrected chi connectivity index (χ4v) is 2.21. The molecule has 0 unspecified atom stereocenters. The van der Waals surface area contributed by atoms with Crippen molar-refractivity contribution in [3.63, 3.8) is 0 Å². The molecule has 0 aliphatic heterocycles. The van der Waals surface area contributed by atoms with E-state index in [1.807, 2.05) is 60.7 Å². The smallest absolute Gasteiger partial charge is 0.211 e. The van der Waals surface area contributed by atoms with E-state index >= 15 is 0 Å². The van der Waals surface area contributed by atoms with Gasteiger partial charge in [0.25, 0.3) is 0 Å². The van der Waals surface area contributed by atoms with Gasteiger partial charge in [-0.15, -0.1) is 10.2 Å². The average Bonchev–Trinajstić information content (AvgIpc) is 2.56. The minimum absolute atomic E-state index is 0.121. The zero-order chi connectivity index (χ0) is 17.4. The van der Waals surface area contributed by atoms with E-state index in [2.05, 4.69) is 10.2 Å². The maximum Gasteiger partial charge on any atom is 0.211 e. The van der Waals surface area contributed by atoms with E-state index < -0.39 is 0 Å². The van der Waals surface area contributed by atoms with Crippen LogP contribution in [0, 0.1) is 0 Å². The van der Waals surface area contributed by atoms with Gasteiger partial charge in [-0.25, -0.2) is 0 Å². The van der Waals surface area contributed by atoms with Crippen LogP contribution in [0.15, 0.2) is 70.9 Å². The molecule has 122 valence electrons. The Balaban J connectivity index is 2.29. The van der Waals surface area contributed by atoms with E-state index in [9.17, 15) is 0 Å². The van der Waals surface area contributed by atoms with Crippen LogP contribution >= 0.6 is 23.2 Å². The van der Waals surface area contributed by atoms with Gasteiger partial charge in [0.2, 0.25) is 5.96 Å². The van der Waals surface area contributed by atoms with Crippen LogP contribution in [-0.2, 0) is 0 Å². The Bertz CT molecular complexity index is 762. The highest BCUT2D eigenvalue weighted by Crippen LogP contribution is 2.18. The number of rotatable bonds is 5. The molecule has 0 saturated heterocycles. The molecule has 0 atom stereocenters. The quantitative estimate of drug-likeness (QED) is 0.473. The largest absolute Gasteiger partial charge is 0.369 e. The van der Waals surface area contributed by atoms with Crippen molar-refractivity contribution in [1.82, 2.24) is 0 Å². The van der Waals surface area contributed by atoms with Gasteiger partial charge >= 0.3 is 0 Å². The topological polar surface area (TPSA) is 76.8 Å². The molecular weight excluding hydrogens is 343 g/mol. The predicted molar refractivity (Wildman–Crippen MR) is 104 cm³/mol. The predicted octanol–water partition coefficient (Wildman–Crippen LogP) is 4.35. The number of allylic oxidation sites excluding steroid dienone is 2. The fourth-order valence-electron chi connectivity index (χ4n) is 1.81. The average molecular weight is 359 g/mol. The molecule has 0 aromatic heterocycles. The highest BCUT2D eigenvalue weighted by Gasteiger charge is 1.97. The monoisotopic (exact) mass is 358 g/mol. The second-order valence-electron chi connectivity index (χ2n) is 4.76. The highest BCUT2D eigenvalue weighted by atomic mass is 35.5. The van der Waals surface area contributed by atoms with Gasteiger partial charge in [0.15, 0.2) is 0 Å². The highest BCUT2D eigenvalue weighted by molar-refractivity contribution is 6.32. The van der Waals surface area contributed by atoms with Crippen LogP contribution in [0.3, 0.4) is 0 Å². The van der Waals surface area contributed by atoms with E-state index in [4.69, 9.17) is 34.7 Å². The molecule has 4 N–H and O–H groups in total. The third-order valence-corrected chi connectivity index (χ3v) is 3.65. The summed E-state index contributed by atoms with van der Waals surface area (Å²) < 4.78 is 0. The minimum atomic E-state index is -0.121. The van der Waals surface area contributed by atoms with Crippen LogP contribution in [0.2, 0.25) is 10.0 Å². The van der Waals surface area contributed by atoms with Crippen molar-refractivity contribution < 1.29 is 0 Å². The Morgan fingerprint density at radius 2 is 1.21 bits per heavy atom. The molecule has 2 aromatic rings. The molecule has 0 bridgehead atoms. The molecule has 2 aromatic carbocycles. The summed E-state index contributed by atoms with van der Waals surface area (Å²) in [5.41, 5.74) is 12.9. The second-order valence-corrected chi connectivity index (χ2v) is 5.57. The zero-order valence-corrected chi connectivity index (χ0v) is 14.2. The van der Waals surface area contributed by atoms with Crippen molar-refractivity contribution in [3.8, 4) is 0 Å². The second kappa shape index (κ2) is 8.91. The Morgan fingerprint density at radius 3 is 1.62 bits per heavy atom. The van der Waals surface area contributed by atoms with Crippen LogP contribution in [0.4, 0.5) is 0 Å². The van der Waals surface area contributed by atoms with E-state index in [1.54, 1.807) is 12.2 Å². The van der Waals surface area contributed by atoms with Crippen LogP contribution in [0.5, 0.6) is 0 Å². The van der Waals surface area contributed by atoms with Crippen LogP contribution < -0.4 is 11.5 Å². The lowest BCUT2D eigenvalue weighted by Gasteiger charge is -1.98. The maximum atomic E-state index is 6.13. The molecule has 0 spiro atoms. The molecule has 24 heavy (non-hydrogen) atoms. The van der Waals surface area contributed by atoms with Crippen molar-refractivity contribution >= 4 is 47.0 Å². The summed E-state index contributed by atoms with van der Waals surface area (Å²) in [7, 11) is 0. The molecule has 0 heterocycles. The molecule has 0 amide bonds. The van der Waals surface area contributed by atoms with Gasteiger partial charge in [0, 0.05) is 10.0 Å². The van der Waals surface area contributed by atoms with E-state index in [1.165, 1.54) is 0 Å². The number of benzene rings is 2. The first kappa shape index (κ1) is 17.8. The summed E-state index contributed by atoms with van der Waals surface area (Å²) in [6.45, 7) is 0. The number of hydrogen-bond acceptors (Lipinski definition) is 2. The normalized spacial score (nSPS) is 10.9. The number of hydrogen-bond donors (Lipinski definition) is 2. The van der Waals surface area contributed by atoms with E-state index in [0.717, 1.165) is 11.1 Å². The third kappa shape index (κ3) is 5.57. The molecule has 2 rings (SSSR count). The third-order valence-electron chi connectivity index (χ3n) is 2.96. The van der Waals surface area contributed by atoms with E-state index in [-0.39, 0.29) is 5.96 Å². The molecule has 6 heteroatoms. The van der Waals surface area contributed by atoms with Crippen molar-refractivity contribution in [1.29, 1.82) is 0 Å². The van der Waals surface area contributed by atoms with Crippen molar-refractivity contribution in [3.05, 3.63) is 81.9 Å². The maximum absolute atomic E-state index is 6.13. The summed E-state index contributed by atoms with van der Waals surface area (Å²) in [5.74, 6) is -0.121. The van der Waals surface area contributed by atoms with Crippen molar-refractivity contribution in [2.24, 2.45) is 21.7 Å². The number of halogens is 2. The lowest BCUT2D eigenvalue weighted by molar-refractivity contribution is 1.21. The van der Waals surface area contributed by atoms with Crippen LogP contribution in [0.1, 0.15) is 11.1 Å². The molecule has 0 fully saturated rings. The summed E-state index contributed by atoms with van der Waals surface area (Å²) in [6, 6.07) is 15.0. The molecule has 0 radical (unpaired) electrons. The fraction of sp³-hybridized carbons (Fsp3) is 0. The molecule has 0 saturated carbocycles. The van der Waals surface area contributed by atoms with Gasteiger partial charge in [-0.3, -0.25) is 0 Å². The standard InChI is InChI=1S/C18H16Cl2N4/c19-16-7-3-1-5-13(16)9-11-15(23-24-18(21)22)12-10-14-6-2-4-8-17(14)20/h1-12H,(H4,21,22,24). The van der Waals surface area contributed by atoms with Gasteiger partial charge in [0.1, 0.15) is 0 Å².